The minimum atomic E-state index is -3.57. The highest BCUT2D eigenvalue weighted by molar-refractivity contribution is 7.91. The number of amides is 1. The number of hydrogen-bond donors (Lipinski definition) is 2. The Labute approximate surface area is 104 Å². The molecule has 0 aliphatic heterocycles. The molecule has 0 aromatic carbocycles. The van der Waals surface area contributed by atoms with E-state index in [-0.39, 0.29) is 21.3 Å². The summed E-state index contributed by atoms with van der Waals surface area (Å²) >= 11 is 0.773. The van der Waals surface area contributed by atoms with E-state index < -0.39 is 15.7 Å². The van der Waals surface area contributed by atoms with E-state index in [2.05, 4.69) is 4.37 Å². The molecule has 0 aliphatic rings. The van der Waals surface area contributed by atoms with E-state index in [0.717, 1.165) is 24.4 Å². The predicted molar refractivity (Wildman–Crippen MR) is 66.6 cm³/mol. The highest BCUT2D eigenvalue weighted by Gasteiger charge is 2.27. The zero-order valence-electron chi connectivity index (χ0n) is 9.47. The number of nitrogens with two attached hydrogens (primary N) is 2. The minimum Gasteiger partial charge on any atom is -0.389 e. The molecule has 0 saturated heterocycles. The summed E-state index contributed by atoms with van der Waals surface area (Å²) in [6, 6.07) is 0. The van der Waals surface area contributed by atoms with E-state index in [0.29, 0.717) is 6.42 Å². The van der Waals surface area contributed by atoms with E-state index in [1.165, 1.54) is 0 Å². The van der Waals surface area contributed by atoms with Crippen molar-refractivity contribution >= 4 is 32.3 Å². The Hall–Kier alpha value is -1.15. The number of unbranched alkanes of at least 4 members (excludes halogenated alkanes) is 2. The largest absolute Gasteiger partial charge is 0.389 e. The summed E-state index contributed by atoms with van der Waals surface area (Å²) in [7, 11) is -3.57. The van der Waals surface area contributed by atoms with Crippen molar-refractivity contribution < 1.29 is 13.2 Å². The Morgan fingerprint density at radius 3 is 2.59 bits per heavy atom. The molecule has 0 saturated carbocycles. The topological polar surface area (TPSA) is 116 Å². The average Bonchev–Trinajstić information content (AvgIpc) is 2.61. The fourth-order valence-corrected chi connectivity index (χ4v) is 3.86. The fourth-order valence-electron chi connectivity index (χ4n) is 1.37. The van der Waals surface area contributed by atoms with Gasteiger partial charge in [-0.15, -0.1) is 0 Å². The molecule has 96 valence electrons. The molecule has 4 N–H and O–H groups in total. The number of rotatable bonds is 6. The molecule has 1 rings (SSSR count). The Morgan fingerprint density at radius 2 is 2.06 bits per heavy atom. The number of sulfone groups is 1. The Bertz CT molecular complexity index is 508. The molecular weight excluding hydrogens is 262 g/mol. The zero-order chi connectivity index (χ0) is 13.1. The van der Waals surface area contributed by atoms with E-state index in [1.54, 1.807) is 0 Å². The van der Waals surface area contributed by atoms with Crippen molar-refractivity contribution in [1.29, 1.82) is 0 Å². The maximum Gasteiger partial charge on any atom is 0.254 e. The van der Waals surface area contributed by atoms with Gasteiger partial charge in [0.15, 0.2) is 14.9 Å². The van der Waals surface area contributed by atoms with Crippen molar-refractivity contribution in [3.63, 3.8) is 0 Å². The molecule has 0 spiro atoms. The molecule has 8 heteroatoms. The zero-order valence-corrected chi connectivity index (χ0v) is 11.1. The molecule has 1 aromatic rings. The molecular formula is C9H15N3O3S2. The van der Waals surface area contributed by atoms with Crippen LogP contribution in [0.25, 0.3) is 0 Å². The van der Waals surface area contributed by atoms with Gasteiger partial charge in [0.1, 0.15) is 10.6 Å². The van der Waals surface area contributed by atoms with Gasteiger partial charge in [-0.05, 0) is 18.0 Å². The molecule has 1 heterocycles. The summed E-state index contributed by atoms with van der Waals surface area (Å²) in [5.41, 5.74) is 10.4. The quantitative estimate of drug-likeness (QED) is 0.745. The molecule has 0 atom stereocenters. The lowest BCUT2D eigenvalue weighted by molar-refractivity contribution is 0.0998. The van der Waals surface area contributed by atoms with Crippen LogP contribution in [0.1, 0.15) is 36.5 Å². The van der Waals surface area contributed by atoms with Crippen LogP contribution in [0.4, 0.5) is 5.00 Å². The number of hydrogen-bond acceptors (Lipinski definition) is 6. The Balaban J connectivity index is 3.03. The number of aromatic nitrogens is 1. The number of nitrogens with zero attached hydrogens (tertiary/aromatic N) is 1. The van der Waals surface area contributed by atoms with Gasteiger partial charge in [0.25, 0.3) is 5.91 Å². The molecule has 17 heavy (non-hydrogen) atoms. The first kappa shape index (κ1) is 13.9. The van der Waals surface area contributed by atoms with Gasteiger partial charge >= 0.3 is 0 Å². The summed E-state index contributed by atoms with van der Waals surface area (Å²) < 4.78 is 27.6. The van der Waals surface area contributed by atoms with Crippen molar-refractivity contribution in [2.45, 2.75) is 31.2 Å². The van der Waals surface area contributed by atoms with Gasteiger partial charge in [-0.25, -0.2) is 8.42 Å². The lowest BCUT2D eigenvalue weighted by atomic mass is 10.3. The van der Waals surface area contributed by atoms with Crippen LogP contribution in [0.5, 0.6) is 0 Å². The molecule has 0 unspecified atom stereocenters. The van der Waals surface area contributed by atoms with E-state index in [9.17, 15) is 13.2 Å². The standard InChI is InChI=1S/C9H15N3O3S2/c1-2-3-4-5-17(14,15)9-6(7(10)13)8(11)16-12-9/h2-5,11H2,1H3,(H2,10,13). The summed E-state index contributed by atoms with van der Waals surface area (Å²) in [5, 5.41) is -0.227. The lowest BCUT2D eigenvalue weighted by Crippen LogP contribution is -2.18. The van der Waals surface area contributed by atoms with Crippen LogP contribution >= 0.6 is 11.5 Å². The van der Waals surface area contributed by atoms with Gasteiger partial charge in [0, 0.05) is 0 Å². The highest BCUT2D eigenvalue weighted by Crippen LogP contribution is 2.26. The highest BCUT2D eigenvalue weighted by atomic mass is 32.2. The van der Waals surface area contributed by atoms with Gasteiger partial charge < -0.3 is 11.5 Å². The second-order valence-corrected chi connectivity index (χ2v) is 6.45. The molecule has 0 aliphatic carbocycles. The molecule has 0 fully saturated rings. The van der Waals surface area contributed by atoms with Gasteiger partial charge in [0.05, 0.1) is 5.75 Å². The Morgan fingerprint density at radius 1 is 1.41 bits per heavy atom. The first-order chi connectivity index (χ1) is 7.90. The molecule has 1 aromatic heterocycles. The van der Waals surface area contributed by atoms with Crippen LogP contribution in [-0.4, -0.2) is 24.5 Å². The van der Waals surface area contributed by atoms with Crippen LogP contribution in [0.3, 0.4) is 0 Å². The van der Waals surface area contributed by atoms with E-state index in [1.807, 2.05) is 6.92 Å². The molecule has 0 bridgehead atoms. The number of nitrogen functional groups attached to an aromatic ring is 1. The van der Waals surface area contributed by atoms with Gasteiger partial charge in [-0.1, -0.05) is 19.8 Å². The summed E-state index contributed by atoms with van der Waals surface area (Å²) in [6.45, 7) is 1.97. The first-order valence-corrected chi connectivity index (χ1v) is 7.60. The van der Waals surface area contributed by atoms with Crippen molar-refractivity contribution in [1.82, 2.24) is 4.37 Å². The third-order valence-corrected chi connectivity index (χ3v) is 4.75. The molecule has 0 radical (unpaired) electrons. The third kappa shape index (κ3) is 3.16. The van der Waals surface area contributed by atoms with Crippen molar-refractivity contribution in [2.24, 2.45) is 5.73 Å². The van der Waals surface area contributed by atoms with Crippen LogP contribution < -0.4 is 11.5 Å². The average molecular weight is 277 g/mol. The van der Waals surface area contributed by atoms with Gasteiger partial charge in [-0.3, -0.25) is 4.79 Å². The van der Waals surface area contributed by atoms with Crippen LogP contribution in [0, 0.1) is 0 Å². The van der Waals surface area contributed by atoms with Crippen molar-refractivity contribution in [3.05, 3.63) is 5.56 Å². The normalized spacial score (nSPS) is 11.6. The summed E-state index contributed by atoms with van der Waals surface area (Å²) in [4.78, 5) is 11.1. The third-order valence-electron chi connectivity index (χ3n) is 2.24. The maximum absolute atomic E-state index is 11.9. The maximum atomic E-state index is 11.9. The smallest absolute Gasteiger partial charge is 0.254 e. The monoisotopic (exact) mass is 277 g/mol. The van der Waals surface area contributed by atoms with E-state index >= 15 is 0 Å². The first-order valence-electron chi connectivity index (χ1n) is 5.18. The second-order valence-electron chi connectivity index (χ2n) is 3.62. The van der Waals surface area contributed by atoms with Crippen molar-refractivity contribution in [2.75, 3.05) is 11.5 Å². The number of anilines is 1. The van der Waals surface area contributed by atoms with E-state index in [4.69, 9.17) is 11.5 Å². The second kappa shape index (κ2) is 5.46. The molecule has 1 amide bonds. The minimum absolute atomic E-state index is 0.0374. The number of primary amides is 1. The van der Waals surface area contributed by atoms with Crippen LogP contribution in [0.15, 0.2) is 5.03 Å². The summed E-state index contributed by atoms with van der Waals surface area (Å²) in [5.74, 6) is -0.894. The van der Waals surface area contributed by atoms with Gasteiger partial charge in [0.2, 0.25) is 0 Å². The Kier molecular flexibility index (Phi) is 4.47. The fraction of sp³-hybridized carbons (Fsp3) is 0.556. The number of carbonyl (C=O) groups excluding carboxylic acids is 1. The van der Waals surface area contributed by atoms with Crippen LogP contribution in [0.2, 0.25) is 0 Å². The lowest BCUT2D eigenvalue weighted by Gasteiger charge is -2.02. The van der Waals surface area contributed by atoms with Crippen molar-refractivity contribution in [3.8, 4) is 0 Å². The number of carbonyl (C=O) groups is 1. The summed E-state index contributed by atoms with van der Waals surface area (Å²) in [6.07, 6.45) is 2.26. The molecule has 6 nitrogen and oxygen atoms in total. The van der Waals surface area contributed by atoms with Crippen LogP contribution in [-0.2, 0) is 9.84 Å². The predicted octanol–water partition coefficient (Wildman–Crippen LogP) is 0.788. The van der Waals surface area contributed by atoms with Gasteiger partial charge in [-0.2, -0.15) is 4.37 Å². The SMILES string of the molecule is CCCCCS(=O)(=O)c1nsc(N)c1C(N)=O.